The minimum atomic E-state index is -0.0904. The smallest absolute Gasteiger partial charge is 0.231 e. The molecule has 1 aliphatic heterocycles. The molecule has 1 N–H and O–H groups in total. The number of benzene rings is 2. The van der Waals surface area contributed by atoms with Gasteiger partial charge in [0.15, 0.2) is 0 Å². The molecule has 19 heavy (non-hydrogen) atoms. The van der Waals surface area contributed by atoms with Gasteiger partial charge in [0, 0.05) is 10.7 Å². The molecule has 96 valence electrons. The van der Waals surface area contributed by atoms with E-state index in [0.717, 1.165) is 29.7 Å². The zero-order valence-corrected chi connectivity index (χ0v) is 11.2. The third kappa shape index (κ3) is 2.49. The van der Waals surface area contributed by atoms with Gasteiger partial charge in [0.1, 0.15) is 0 Å². The Kier molecular flexibility index (Phi) is 3.26. The van der Waals surface area contributed by atoms with Crippen LogP contribution in [0.25, 0.3) is 0 Å². The molecule has 2 aromatic carbocycles. The van der Waals surface area contributed by atoms with Crippen LogP contribution < -0.4 is 5.32 Å². The first-order valence-corrected chi connectivity index (χ1v) is 6.76. The van der Waals surface area contributed by atoms with Gasteiger partial charge in [-0.25, -0.2) is 0 Å². The van der Waals surface area contributed by atoms with Crippen LogP contribution in [0.5, 0.6) is 0 Å². The number of carbonyl (C=O) groups excluding carboxylic acids is 1. The third-order valence-corrected chi connectivity index (χ3v) is 3.78. The first-order valence-electron chi connectivity index (χ1n) is 6.38. The molecule has 0 aliphatic carbocycles. The second-order valence-corrected chi connectivity index (χ2v) is 5.23. The van der Waals surface area contributed by atoms with Crippen molar-refractivity contribution in [2.75, 3.05) is 5.32 Å². The summed E-state index contributed by atoms with van der Waals surface area (Å²) in [4.78, 5) is 12.3. The average molecular weight is 272 g/mol. The lowest BCUT2D eigenvalue weighted by atomic mass is 9.93. The Labute approximate surface area is 117 Å². The van der Waals surface area contributed by atoms with Gasteiger partial charge in [-0.05, 0) is 42.2 Å². The lowest BCUT2D eigenvalue weighted by Gasteiger charge is -2.13. The first kappa shape index (κ1) is 12.2. The van der Waals surface area contributed by atoms with E-state index in [1.54, 1.807) is 0 Å². The molecule has 0 spiro atoms. The van der Waals surface area contributed by atoms with Crippen molar-refractivity contribution in [1.29, 1.82) is 0 Å². The largest absolute Gasteiger partial charge is 0.325 e. The van der Waals surface area contributed by atoms with Gasteiger partial charge in [0.05, 0.1) is 5.92 Å². The molecule has 3 heteroatoms. The minimum Gasteiger partial charge on any atom is -0.325 e. The summed E-state index contributed by atoms with van der Waals surface area (Å²) in [5.74, 6) is -0.0281. The Hall–Kier alpha value is -1.80. The molecule has 0 fully saturated rings. The van der Waals surface area contributed by atoms with Crippen molar-refractivity contribution in [2.24, 2.45) is 0 Å². The van der Waals surface area contributed by atoms with E-state index in [1.165, 1.54) is 0 Å². The zero-order chi connectivity index (χ0) is 13.2. The summed E-state index contributed by atoms with van der Waals surface area (Å²) in [6.45, 7) is 0. The van der Waals surface area contributed by atoms with Crippen LogP contribution in [-0.2, 0) is 11.2 Å². The van der Waals surface area contributed by atoms with Gasteiger partial charge in [0.25, 0.3) is 0 Å². The standard InChI is InChI=1S/C16H14ClNO/c17-13-7-9-15-12(10-13)6-8-14(16(19)18-15)11-4-2-1-3-5-11/h1-5,7,9-10,14H,6,8H2,(H,18,19)/t14-/m0/s1. The van der Waals surface area contributed by atoms with Crippen LogP contribution in [0.4, 0.5) is 5.69 Å². The third-order valence-electron chi connectivity index (χ3n) is 3.55. The number of hydrogen-bond acceptors (Lipinski definition) is 1. The van der Waals surface area contributed by atoms with Crippen molar-refractivity contribution >= 4 is 23.2 Å². The molecule has 1 amide bonds. The zero-order valence-electron chi connectivity index (χ0n) is 10.4. The molecule has 0 bridgehead atoms. The van der Waals surface area contributed by atoms with Gasteiger partial charge in [-0.1, -0.05) is 41.9 Å². The van der Waals surface area contributed by atoms with E-state index in [1.807, 2.05) is 48.5 Å². The Bertz CT molecular complexity index is 609. The number of anilines is 1. The second kappa shape index (κ2) is 5.06. The predicted octanol–water partition coefficient (Wildman–Crippen LogP) is 4.01. The van der Waals surface area contributed by atoms with E-state index in [4.69, 9.17) is 11.6 Å². The van der Waals surface area contributed by atoms with E-state index in [0.29, 0.717) is 5.02 Å². The molecule has 3 rings (SSSR count). The van der Waals surface area contributed by atoms with Crippen molar-refractivity contribution in [3.63, 3.8) is 0 Å². The quantitative estimate of drug-likeness (QED) is 0.834. The summed E-state index contributed by atoms with van der Waals surface area (Å²) in [5.41, 5.74) is 3.06. The highest BCUT2D eigenvalue weighted by Gasteiger charge is 2.24. The van der Waals surface area contributed by atoms with Gasteiger partial charge < -0.3 is 5.32 Å². The summed E-state index contributed by atoms with van der Waals surface area (Å²) in [6.07, 6.45) is 1.66. The molecule has 1 heterocycles. The monoisotopic (exact) mass is 271 g/mol. The Morgan fingerprint density at radius 1 is 1.11 bits per heavy atom. The molecule has 0 saturated carbocycles. The molecule has 0 unspecified atom stereocenters. The Morgan fingerprint density at radius 3 is 2.68 bits per heavy atom. The van der Waals surface area contributed by atoms with Crippen LogP contribution in [0, 0.1) is 0 Å². The average Bonchev–Trinajstić information content (AvgIpc) is 2.58. The van der Waals surface area contributed by atoms with E-state index in [-0.39, 0.29) is 11.8 Å². The van der Waals surface area contributed by atoms with Gasteiger partial charge in [-0.3, -0.25) is 4.79 Å². The van der Waals surface area contributed by atoms with Crippen LogP contribution in [0.2, 0.25) is 5.02 Å². The molecule has 1 aliphatic rings. The molecule has 0 radical (unpaired) electrons. The van der Waals surface area contributed by atoms with E-state index in [2.05, 4.69) is 5.32 Å². The fourth-order valence-corrected chi connectivity index (χ4v) is 2.74. The maximum Gasteiger partial charge on any atom is 0.231 e. The lowest BCUT2D eigenvalue weighted by Crippen LogP contribution is -2.19. The summed E-state index contributed by atoms with van der Waals surface area (Å²) >= 11 is 6.01. The van der Waals surface area contributed by atoms with E-state index >= 15 is 0 Å². The maximum atomic E-state index is 12.3. The van der Waals surface area contributed by atoms with Crippen LogP contribution in [0.3, 0.4) is 0 Å². The number of carbonyl (C=O) groups is 1. The van der Waals surface area contributed by atoms with Crippen molar-refractivity contribution in [2.45, 2.75) is 18.8 Å². The first-order chi connectivity index (χ1) is 9.24. The molecule has 0 saturated heterocycles. The van der Waals surface area contributed by atoms with Crippen molar-refractivity contribution in [1.82, 2.24) is 0 Å². The van der Waals surface area contributed by atoms with E-state index < -0.39 is 0 Å². The number of nitrogens with one attached hydrogen (secondary N) is 1. The fourth-order valence-electron chi connectivity index (χ4n) is 2.55. The number of halogens is 1. The summed E-state index contributed by atoms with van der Waals surface area (Å²) < 4.78 is 0. The molecule has 2 aromatic rings. The number of amides is 1. The second-order valence-electron chi connectivity index (χ2n) is 4.79. The van der Waals surface area contributed by atoms with Gasteiger partial charge in [-0.15, -0.1) is 0 Å². The van der Waals surface area contributed by atoms with Crippen molar-refractivity contribution < 1.29 is 4.79 Å². The highest BCUT2D eigenvalue weighted by atomic mass is 35.5. The lowest BCUT2D eigenvalue weighted by molar-refractivity contribution is -0.117. The van der Waals surface area contributed by atoms with Gasteiger partial charge in [0.2, 0.25) is 5.91 Å². The SMILES string of the molecule is O=C1Nc2ccc(Cl)cc2CC[C@H]1c1ccccc1. The van der Waals surface area contributed by atoms with Crippen LogP contribution in [0.15, 0.2) is 48.5 Å². The van der Waals surface area contributed by atoms with Crippen LogP contribution >= 0.6 is 11.6 Å². The fraction of sp³-hybridized carbons (Fsp3) is 0.188. The highest BCUT2D eigenvalue weighted by Crippen LogP contribution is 2.31. The van der Waals surface area contributed by atoms with Crippen LogP contribution in [0.1, 0.15) is 23.5 Å². The highest BCUT2D eigenvalue weighted by molar-refractivity contribution is 6.30. The Balaban J connectivity index is 1.92. The summed E-state index contributed by atoms with van der Waals surface area (Å²) in [7, 11) is 0. The normalized spacial score (nSPS) is 18.4. The number of hydrogen-bond donors (Lipinski definition) is 1. The number of aryl methyl sites for hydroxylation is 1. The molecular weight excluding hydrogens is 258 g/mol. The molecule has 2 nitrogen and oxygen atoms in total. The molecule has 1 atom stereocenters. The van der Waals surface area contributed by atoms with E-state index in [9.17, 15) is 4.79 Å². The molecule has 0 aromatic heterocycles. The van der Waals surface area contributed by atoms with Crippen molar-refractivity contribution in [3.8, 4) is 0 Å². The van der Waals surface area contributed by atoms with Crippen molar-refractivity contribution in [3.05, 3.63) is 64.7 Å². The summed E-state index contributed by atoms with van der Waals surface area (Å²) in [6, 6.07) is 15.5. The van der Waals surface area contributed by atoms with Crippen LogP contribution in [-0.4, -0.2) is 5.91 Å². The number of fused-ring (bicyclic) bond motifs is 1. The number of rotatable bonds is 1. The molecular formula is C16H14ClNO. The maximum absolute atomic E-state index is 12.3. The summed E-state index contributed by atoms with van der Waals surface area (Å²) in [5, 5.41) is 3.71. The Morgan fingerprint density at radius 2 is 1.89 bits per heavy atom. The predicted molar refractivity (Wildman–Crippen MR) is 77.6 cm³/mol. The van der Waals surface area contributed by atoms with Gasteiger partial charge in [-0.2, -0.15) is 0 Å². The minimum absolute atomic E-state index is 0.0623. The topological polar surface area (TPSA) is 29.1 Å². The van der Waals surface area contributed by atoms with Gasteiger partial charge >= 0.3 is 0 Å².